The second-order valence-corrected chi connectivity index (χ2v) is 5.62. The molecule has 1 aromatic carbocycles. The Hall–Kier alpha value is -0.970. The van der Waals surface area contributed by atoms with Crippen LogP contribution in [0.1, 0.15) is 18.4 Å². The second-order valence-electron chi connectivity index (χ2n) is 5.62. The second kappa shape index (κ2) is 5.57. The first kappa shape index (κ1) is 13.0. The van der Waals surface area contributed by atoms with E-state index in [1.807, 2.05) is 12.1 Å². The Morgan fingerprint density at radius 1 is 1.21 bits per heavy atom. The first-order valence-electron chi connectivity index (χ1n) is 7.07. The molecule has 2 aliphatic rings. The van der Waals surface area contributed by atoms with E-state index in [0.29, 0.717) is 0 Å². The molecular formula is C15H21FN2O. The number of hydrogen-bond donors (Lipinski definition) is 1. The Morgan fingerprint density at radius 3 is 2.68 bits per heavy atom. The van der Waals surface area contributed by atoms with Gasteiger partial charge in [0.1, 0.15) is 5.82 Å². The normalized spacial score (nSPS) is 23.6. The summed E-state index contributed by atoms with van der Waals surface area (Å²) in [4.78, 5) is 2.43. The lowest BCUT2D eigenvalue weighted by Crippen LogP contribution is -2.55. The average Bonchev–Trinajstić information content (AvgIpc) is 2.42. The summed E-state index contributed by atoms with van der Waals surface area (Å²) in [7, 11) is 0. The molecule has 0 unspecified atom stereocenters. The minimum absolute atomic E-state index is 0.0452. The maximum Gasteiger partial charge on any atom is 0.123 e. The van der Waals surface area contributed by atoms with Crippen LogP contribution in [0.4, 0.5) is 4.39 Å². The van der Waals surface area contributed by atoms with E-state index < -0.39 is 0 Å². The van der Waals surface area contributed by atoms with Crippen LogP contribution in [0, 0.1) is 5.82 Å². The predicted molar refractivity (Wildman–Crippen MR) is 72.5 cm³/mol. The monoisotopic (exact) mass is 264 g/mol. The number of morpholine rings is 1. The van der Waals surface area contributed by atoms with Crippen LogP contribution >= 0.6 is 0 Å². The summed E-state index contributed by atoms with van der Waals surface area (Å²) >= 11 is 0. The van der Waals surface area contributed by atoms with Crippen molar-refractivity contribution in [1.29, 1.82) is 0 Å². The fourth-order valence-electron chi connectivity index (χ4n) is 3.09. The van der Waals surface area contributed by atoms with Gasteiger partial charge in [0.25, 0.3) is 0 Å². The maximum absolute atomic E-state index is 12.9. The number of piperidine rings is 1. The van der Waals surface area contributed by atoms with Crippen molar-refractivity contribution in [2.75, 3.05) is 32.8 Å². The zero-order chi connectivity index (χ0) is 13.1. The Labute approximate surface area is 113 Å². The van der Waals surface area contributed by atoms with Gasteiger partial charge in [-0.05, 0) is 43.6 Å². The zero-order valence-corrected chi connectivity index (χ0v) is 11.2. The third-order valence-corrected chi connectivity index (χ3v) is 4.16. The van der Waals surface area contributed by atoms with E-state index in [2.05, 4.69) is 10.2 Å². The molecule has 0 bridgehead atoms. The fraction of sp³-hybridized carbons (Fsp3) is 0.600. The van der Waals surface area contributed by atoms with Crippen LogP contribution in [0.25, 0.3) is 0 Å². The minimum atomic E-state index is -0.166. The van der Waals surface area contributed by atoms with Crippen LogP contribution in [0.2, 0.25) is 0 Å². The van der Waals surface area contributed by atoms with Crippen molar-refractivity contribution >= 4 is 0 Å². The molecule has 4 heteroatoms. The van der Waals surface area contributed by atoms with E-state index in [0.717, 1.165) is 52.2 Å². The molecule has 0 atom stereocenters. The van der Waals surface area contributed by atoms with E-state index in [4.69, 9.17) is 4.74 Å². The molecule has 2 aliphatic heterocycles. The van der Waals surface area contributed by atoms with Gasteiger partial charge in [-0.15, -0.1) is 0 Å². The van der Waals surface area contributed by atoms with Gasteiger partial charge in [-0.25, -0.2) is 4.39 Å². The van der Waals surface area contributed by atoms with Crippen LogP contribution in [0.3, 0.4) is 0 Å². The van der Waals surface area contributed by atoms with E-state index in [9.17, 15) is 4.39 Å². The van der Waals surface area contributed by atoms with Crippen LogP contribution < -0.4 is 5.32 Å². The van der Waals surface area contributed by atoms with Gasteiger partial charge in [0.05, 0.1) is 12.2 Å². The summed E-state index contributed by atoms with van der Waals surface area (Å²) in [6.07, 6.45) is 2.18. The molecule has 3 nitrogen and oxygen atoms in total. The molecule has 2 fully saturated rings. The molecule has 1 spiro atoms. The smallest absolute Gasteiger partial charge is 0.123 e. The molecule has 0 aromatic heterocycles. The highest BCUT2D eigenvalue weighted by molar-refractivity contribution is 5.16. The molecular weight excluding hydrogens is 243 g/mol. The summed E-state index contributed by atoms with van der Waals surface area (Å²) in [5, 5.41) is 3.39. The van der Waals surface area contributed by atoms with Gasteiger partial charge < -0.3 is 10.1 Å². The summed E-state index contributed by atoms with van der Waals surface area (Å²) in [5.74, 6) is -0.166. The lowest BCUT2D eigenvalue weighted by atomic mass is 9.90. The summed E-state index contributed by atoms with van der Waals surface area (Å²) in [5.41, 5.74) is 1.22. The maximum atomic E-state index is 12.9. The number of ether oxygens (including phenoxy) is 1. The molecule has 1 aromatic rings. The lowest BCUT2D eigenvalue weighted by molar-refractivity contribution is -0.125. The van der Waals surface area contributed by atoms with Crippen molar-refractivity contribution in [2.24, 2.45) is 0 Å². The van der Waals surface area contributed by atoms with Gasteiger partial charge in [-0.3, -0.25) is 4.90 Å². The van der Waals surface area contributed by atoms with Crippen LogP contribution in [-0.2, 0) is 11.3 Å². The first-order chi connectivity index (χ1) is 9.26. The molecule has 0 radical (unpaired) electrons. The van der Waals surface area contributed by atoms with Crippen molar-refractivity contribution in [1.82, 2.24) is 10.2 Å². The van der Waals surface area contributed by atoms with Crippen molar-refractivity contribution in [3.63, 3.8) is 0 Å². The fourth-order valence-corrected chi connectivity index (χ4v) is 3.09. The molecule has 2 saturated heterocycles. The SMILES string of the molecule is Fc1ccc(CN2CCOC3(CCNCC3)C2)cc1. The molecule has 3 rings (SSSR count). The summed E-state index contributed by atoms with van der Waals surface area (Å²) in [6, 6.07) is 6.83. The van der Waals surface area contributed by atoms with Crippen LogP contribution in [0.5, 0.6) is 0 Å². The van der Waals surface area contributed by atoms with Gasteiger partial charge >= 0.3 is 0 Å². The van der Waals surface area contributed by atoms with Crippen LogP contribution in [-0.4, -0.2) is 43.3 Å². The van der Waals surface area contributed by atoms with Gasteiger partial charge in [0, 0.05) is 19.6 Å². The molecule has 1 N–H and O–H groups in total. The van der Waals surface area contributed by atoms with E-state index in [-0.39, 0.29) is 11.4 Å². The summed E-state index contributed by atoms with van der Waals surface area (Å²) < 4.78 is 19.0. The van der Waals surface area contributed by atoms with Gasteiger partial charge in [-0.1, -0.05) is 12.1 Å². The molecule has 0 amide bonds. The minimum Gasteiger partial charge on any atom is -0.372 e. The highest BCUT2D eigenvalue weighted by atomic mass is 19.1. The third-order valence-electron chi connectivity index (χ3n) is 4.16. The topological polar surface area (TPSA) is 24.5 Å². The van der Waals surface area contributed by atoms with Crippen LogP contribution in [0.15, 0.2) is 24.3 Å². The molecule has 104 valence electrons. The Morgan fingerprint density at radius 2 is 1.95 bits per heavy atom. The predicted octanol–water partition coefficient (Wildman–Crippen LogP) is 1.78. The van der Waals surface area contributed by atoms with Gasteiger partial charge in [0.15, 0.2) is 0 Å². The number of nitrogens with zero attached hydrogens (tertiary/aromatic N) is 1. The van der Waals surface area contributed by atoms with Crippen molar-refractivity contribution < 1.29 is 9.13 Å². The number of benzene rings is 1. The van der Waals surface area contributed by atoms with Gasteiger partial charge in [-0.2, -0.15) is 0 Å². The molecule has 0 aliphatic carbocycles. The van der Waals surface area contributed by atoms with E-state index in [1.165, 1.54) is 17.7 Å². The Balaban J connectivity index is 1.63. The highest BCUT2D eigenvalue weighted by Crippen LogP contribution is 2.28. The lowest BCUT2D eigenvalue weighted by Gasteiger charge is -2.45. The Bertz CT molecular complexity index is 409. The van der Waals surface area contributed by atoms with Crippen molar-refractivity contribution in [2.45, 2.75) is 25.0 Å². The standard InChI is InChI=1S/C15H21FN2O/c16-14-3-1-13(2-4-14)11-18-9-10-19-15(12-18)5-7-17-8-6-15/h1-4,17H,5-12H2. The first-order valence-corrected chi connectivity index (χ1v) is 7.07. The third kappa shape index (κ3) is 3.14. The summed E-state index contributed by atoms with van der Waals surface area (Å²) in [6.45, 7) is 5.74. The highest BCUT2D eigenvalue weighted by Gasteiger charge is 2.37. The van der Waals surface area contributed by atoms with Crippen molar-refractivity contribution in [3.8, 4) is 0 Å². The number of rotatable bonds is 2. The number of hydrogen-bond acceptors (Lipinski definition) is 3. The number of nitrogens with one attached hydrogen (secondary N) is 1. The van der Waals surface area contributed by atoms with E-state index >= 15 is 0 Å². The van der Waals surface area contributed by atoms with Crippen molar-refractivity contribution in [3.05, 3.63) is 35.6 Å². The molecule has 2 heterocycles. The van der Waals surface area contributed by atoms with E-state index in [1.54, 1.807) is 0 Å². The Kier molecular flexibility index (Phi) is 3.82. The molecule has 0 saturated carbocycles. The average molecular weight is 264 g/mol. The molecule has 19 heavy (non-hydrogen) atoms. The van der Waals surface area contributed by atoms with Gasteiger partial charge in [0.2, 0.25) is 0 Å². The zero-order valence-electron chi connectivity index (χ0n) is 11.2. The number of halogens is 1. The quantitative estimate of drug-likeness (QED) is 0.881. The largest absolute Gasteiger partial charge is 0.372 e.